The molecule has 4 aromatic rings. The van der Waals surface area contributed by atoms with Crippen molar-refractivity contribution >= 4 is 33.4 Å². The molecular formula is C31H36F2N6O3. The Hall–Kier alpha value is -3.96. The summed E-state index contributed by atoms with van der Waals surface area (Å²) in [7, 11) is 3.78. The van der Waals surface area contributed by atoms with Gasteiger partial charge in [0.15, 0.2) is 5.82 Å². The molecule has 0 spiro atoms. The number of phenols is 1. The van der Waals surface area contributed by atoms with Crippen molar-refractivity contribution in [2.45, 2.75) is 51.7 Å². The van der Waals surface area contributed by atoms with Gasteiger partial charge in [-0.3, -0.25) is 9.78 Å². The van der Waals surface area contributed by atoms with Crippen LogP contribution >= 0.6 is 0 Å². The molecule has 9 nitrogen and oxygen atoms in total. The van der Waals surface area contributed by atoms with Crippen LogP contribution in [0.5, 0.6) is 5.75 Å². The van der Waals surface area contributed by atoms with Crippen molar-refractivity contribution in [3.05, 3.63) is 53.5 Å². The Morgan fingerprint density at radius 2 is 2.00 bits per heavy atom. The number of β-amino-alcohol motifs (C(OH)–C–C–N with tert-alkyl or cyclic N) is 1. The lowest BCUT2D eigenvalue weighted by Crippen LogP contribution is -2.47. The van der Waals surface area contributed by atoms with E-state index in [9.17, 15) is 19.4 Å². The average molecular weight is 579 g/mol. The first-order chi connectivity index (χ1) is 19.9. The van der Waals surface area contributed by atoms with Crippen molar-refractivity contribution in [2.24, 2.45) is 0 Å². The number of aryl methyl sites for hydroxylation is 1. The quantitative estimate of drug-likeness (QED) is 0.295. The Morgan fingerprint density at radius 1 is 1.24 bits per heavy atom. The maximum absolute atomic E-state index is 16.6. The fourth-order valence-corrected chi connectivity index (χ4v) is 5.89. The number of aromatic nitrogens is 3. The van der Waals surface area contributed by atoms with Crippen molar-refractivity contribution in [3.8, 4) is 17.0 Å². The highest BCUT2D eigenvalue weighted by Gasteiger charge is 2.32. The number of aliphatic hydroxyl groups is 1. The number of pyridine rings is 1. The van der Waals surface area contributed by atoms with E-state index < -0.39 is 23.1 Å². The number of amides is 1. The molecule has 3 N–H and O–H groups in total. The summed E-state index contributed by atoms with van der Waals surface area (Å²) in [6, 6.07) is 5.48. The molecule has 0 aliphatic carbocycles. The van der Waals surface area contributed by atoms with Crippen LogP contribution in [0.25, 0.3) is 32.9 Å². The highest BCUT2D eigenvalue weighted by atomic mass is 19.1. The Morgan fingerprint density at radius 3 is 2.69 bits per heavy atom. The lowest BCUT2D eigenvalue weighted by molar-refractivity contribution is 0.0448. The van der Waals surface area contributed by atoms with Crippen LogP contribution in [0.1, 0.15) is 49.8 Å². The third-order valence-corrected chi connectivity index (χ3v) is 7.62. The Kier molecular flexibility index (Phi) is 8.00. The zero-order chi connectivity index (χ0) is 30.3. The van der Waals surface area contributed by atoms with Gasteiger partial charge in [-0.25, -0.2) is 18.7 Å². The summed E-state index contributed by atoms with van der Waals surface area (Å²) in [6.07, 6.45) is 3.05. The summed E-state index contributed by atoms with van der Waals surface area (Å²) in [6.45, 7) is 6.73. The number of fused-ring (bicyclic) bond motifs is 2. The number of likely N-dealkylation sites (N-methyl/N-ethyl adjacent to an activating group) is 1. The van der Waals surface area contributed by atoms with Crippen LogP contribution in [-0.2, 0) is 6.42 Å². The molecule has 2 aromatic heterocycles. The predicted octanol–water partition coefficient (Wildman–Crippen LogP) is 4.42. The van der Waals surface area contributed by atoms with Gasteiger partial charge in [0.25, 0.3) is 5.91 Å². The number of hydrogen-bond acceptors (Lipinski definition) is 8. The predicted molar refractivity (Wildman–Crippen MR) is 159 cm³/mol. The molecule has 2 aromatic carbocycles. The van der Waals surface area contributed by atoms with E-state index in [4.69, 9.17) is 0 Å². The monoisotopic (exact) mass is 578 g/mol. The number of carbonyl (C=O) groups excluding carboxylic acids is 1. The molecule has 0 saturated carbocycles. The summed E-state index contributed by atoms with van der Waals surface area (Å²) in [5.41, 5.74) is -0.673. The van der Waals surface area contributed by atoms with Gasteiger partial charge in [0, 0.05) is 37.4 Å². The summed E-state index contributed by atoms with van der Waals surface area (Å²) in [4.78, 5) is 30.4. The van der Waals surface area contributed by atoms with Gasteiger partial charge in [0.05, 0.1) is 11.0 Å². The molecule has 0 radical (unpaired) electrons. The molecule has 0 bridgehead atoms. The van der Waals surface area contributed by atoms with Crippen LogP contribution in [0, 0.1) is 11.6 Å². The average Bonchev–Trinajstić information content (AvgIpc) is 2.91. The zero-order valence-electron chi connectivity index (χ0n) is 24.5. The molecule has 1 aliphatic rings. The molecule has 1 amide bonds. The number of benzene rings is 2. The number of halogens is 2. The van der Waals surface area contributed by atoms with Crippen LogP contribution in [0.4, 0.5) is 14.6 Å². The number of aromatic hydroxyl groups is 1. The van der Waals surface area contributed by atoms with Crippen molar-refractivity contribution in [2.75, 3.05) is 38.6 Å². The Balaban J connectivity index is 1.73. The van der Waals surface area contributed by atoms with E-state index in [0.29, 0.717) is 54.5 Å². The molecule has 1 saturated heterocycles. The van der Waals surface area contributed by atoms with E-state index in [-0.39, 0.29) is 46.3 Å². The van der Waals surface area contributed by atoms with Crippen molar-refractivity contribution < 1.29 is 23.8 Å². The smallest absolute Gasteiger partial charge is 0.289 e. The maximum atomic E-state index is 16.6. The first-order valence-corrected chi connectivity index (χ1v) is 14.1. The van der Waals surface area contributed by atoms with Gasteiger partial charge in [0.2, 0.25) is 5.82 Å². The third kappa shape index (κ3) is 5.71. The molecule has 5 rings (SSSR count). The summed E-state index contributed by atoms with van der Waals surface area (Å²) in [5.74, 6) is -1.87. The first kappa shape index (κ1) is 29.5. The normalized spacial score (nSPS) is 18.2. The molecule has 11 heteroatoms. The topological polar surface area (TPSA) is 115 Å². The summed E-state index contributed by atoms with van der Waals surface area (Å²) >= 11 is 0. The largest absolute Gasteiger partial charge is 0.508 e. The van der Waals surface area contributed by atoms with Gasteiger partial charge >= 0.3 is 0 Å². The number of piperidine rings is 1. The number of carbonyl (C=O) groups is 1. The number of phenolic OH excluding ortho intramolecular Hbond substituents is 1. The fourth-order valence-electron chi connectivity index (χ4n) is 5.89. The Bertz CT molecular complexity index is 1680. The number of nitrogens with one attached hydrogen (secondary N) is 1. The van der Waals surface area contributed by atoms with Gasteiger partial charge in [-0.2, -0.15) is 0 Å². The van der Waals surface area contributed by atoms with Gasteiger partial charge in [0.1, 0.15) is 28.6 Å². The van der Waals surface area contributed by atoms with Crippen LogP contribution in [-0.4, -0.2) is 81.3 Å². The van der Waals surface area contributed by atoms with E-state index in [1.807, 2.05) is 30.8 Å². The lowest BCUT2D eigenvalue weighted by Gasteiger charge is -2.38. The highest BCUT2D eigenvalue weighted by Crippen LogP contribution is 2.39. The maximum Gasteiger partial charge on any atom is 0.289 e. The van der Waals surface area contributed by atoms with E-state index in [0.717, 1.165) is 0 Å². The Labute approximate surface area is 243 Å². The van der Waals surface area contributed by atoms with Crippen molar-refractivity contribution in [3.63, 3.8) is 0 Å². The minimum Gasteiger partial charge on any atom is -0.508 e. The first-order valence-electron chi connectivity index (χ1n) is 14.1. The molecule has 3 heterocycles. The molecule has 1 aliphatic heterocycles. The fraction of sp³-hybridized carbons (Fsp3) is 0.419. The van der Waals surface area contributed by atoms with Crippen LogP contribution in [0.2, 0.25) is 0 Å². The van der Waals surface area contributed by atoms with Crippen molar-refractivity contribution in [1.82, 2.24) is 25.2 Å². The van der Waals surface area contributed by atoms with Gasteiger partial charge in [-0.15, -0.1) is 0 Å². The molecule has 1 fully saturated rings. The molecule has 2 atom stereocenters. The zero-order valence-corrected chi connectivity index (χ0v) is 24.5. The standard InChI is InChI=1S/C31H36F2N6O3/c1-6-20-23(32)9-8-18-12-19(40)13-21(24(18)20)26-25(33)27-22(14-34-26)29(39-11-7-10-31(3,42)16-39)37-28(36-27)30(41)35-17(2)15-38(4)5/h8-9,12-14,17,40,42H,6-7,10-11,15-16H2,1-5H3,(H,35,41)/t17?,31-/m1/s1. The minimum atomic E-state index is -0.995. The van der Waals surface area contributed by atoms with Gasteiger partial charge in [-0.05, 0) is 81.7 Å². The number of anilines is 1. The van der Waals surface area contributed by atoms with Gasteiger partial charge < -0.3 is 25.3 Å². The van der Waals surface area contributed by atoms with Crippen molar-refractivity contribution in [1.29, 1.82) is 0 Å². The molecule has 222 valence electrons. The van der Waals surface area contributed by atoms with E-state index >= 15 is 4.39 Å². The lowest BCUT2D eigenvalue weighted by atomic mass is 9.94. The van der Waals surface area contributed by atoms with Crippen LogP contribution in [0.15, 0.2) is 30.5 Å². The second-order valence-electron chi connectivity index (χ2n) is 11.7. The van der Waals surface area contributed by atoms with E-state index in [1.165, 1.54) is 30.5 Å². The third-order valence-electron chi connectivity index (χ3n) is 7.62. The molecule has 1 unspecified atom stereocenters. The number of rotatable bonds is 7. The van der Waals surface area contributed by atoms with Crippen LogP contribution < -0.4 is 10.2 Å². The number of hydrogen-bond donors (Lipinski definition) is 3. The molecule has 42 heavy (non-hydrogen) atoms. The number of nitrogens with zero attached hydrogens (tertiary/aromatic N) is 5. The van der Waals surface area contributed by atoms with E-state index in [1.54, 1.807) is 13.8 Å². The minimum absolute atomic E-state index is 0.124. The summed E-state index contributed by atoms with van der Waals surface area (Å²) < 4.78 is 31.4. The SMILES string of the molecule is CCc1c(F)ccc2cc(O)cc(-c3ncc4c(N5CCC[C@@](C)(O)C5)nc(C(=O)NC(C)CN(C)C)nc4c3F)c12. The second-order valence-corrected chi connectivity index (χ2v) is 11.7. The van der Waals surface area contributed by atoms with Gasteiger partial charge in [-0.1, -0.05) is 13.0 Å². The van der Waals surface area contributed by atoms with Crippen LogP contribution in [0.3, 0.4) is 0 Å². The molecular weight excluding hydrogens is 542 g/mol. The summed E-state index contributed by atoms with van der Waals surface area (Å²) in [5, 5.41) is 25.4. The second kappa shape index (κ2) is 11.4. The van der Waals surface area contributed by atoms with E-state index in [2.05, 4.69) is 20.3 Å². The highest BCUT2D eigenvalue weighted by molar-refractivity contribution is 6.02.